The maximum Gasteiger partial charge on any atom is 0.510 e. The predicted molar refractivity (Wildman–Crippen MR) is 456 cm³/mol. The second-order valence-electron chi connectivity index (χ2n) is 32.4. The van der Waals surface area contributed by atoms with Crippen molar-refractivity contribution in [1.82, 2.24) is 29.6 Å². The van der Waals surface area contributed by atoms with Crippen molar-refractivity contribution in [2.24, 2.45) is 64.6 Å². The molecular formula is C74H111F4N23O32P2. The van der Waals surface area contributed by atoms with Crippen molar-refractivity contribution in [2.45, 2.75) is 213 Å². The Kier molecular flexibility index (Phi) is 43.4. The maximum absolute atomic E-state index is 15.4. The minimum Gasteiger partial charge on any atom is -0.462 e. The molecule has 1 aromatic heterocycles. The smallest absolute Gasteiger partial charge is 0.462 e. The Bertz CT molecular complexity index is 4840. The van der Waals surface area contributed by atoms with E-state index in [2.05, 4.69) is 89.6 Å². The molecule has 0 aliphatic carbocycles. The van der Waals surface area contributed by atoms with Crippen LogP contribution in [0.15, 0.2) is 122 Å². The summed E-state index contributed by atoms with van der Waals surface area (Å²) in [6.45, 7) is 23.4. The van der Waals surface area contributed by atoms with E-state index in [1.165, 1.54) is 69.4 Å². The molecule has 7 aliphatic rings. The first-order valence-electron chi connectivity index (χ1n) is 39.8. The fourth-order valence-corrected chi connectivity index (χ4v) is 13.5. The van der Waals surface area contributed by atoms with Gasteiger partial charge in [0.1, 0.15) is 82.3 Å². The summed E-state index contributed by atoms with van der Waals surface area (Å²) in [5.74, 6) is -4.02. The second-order valence-corrected chi connectivity index (χ2v) is 35.7. The monoisotopic (exact) mass is 1970 g/mol. The van der Waals surface area contributed by atoms with Gasteiger partial charge in [-0.15, -0.1) is 0 Å². The van der Waals surface area contributed by atoms with Gasteiger partial charge in [0.2, 0.25) is 27.2 Å². The number of aliphatic hydroxyl groups is 4. The second kappa shape index (κ2) is 50.7. The van der Waals surface area contributed by atoms with E-state index in [9.17, 15) is 72.3 Å². The maximum atomic E-state index is 15.4. The normalized spacial score (nSPS) is 26.3. The number of amides is 1. The van der Waals surface area contributed by atoms with E-state index in [1.54, 1.807) is 69.2 Å². The van der Waals surface area contributed by atoms with Gasteiger partial charge in [-0.2, -0.15) is 4.98 Å². The Morgan fingerprint density at radius 1 is 0.541 bits per heavy atom. The number of ether oxygens (including phenoxy) is 12. The molecule has 16 atom stereocenters. The molecule has 8 heterocycles. The summed E-state index contributed by atoms with van der Waals surface area (Å²) in [6.07, 6.45) is -16.3. The molecule has 11 N–H and O–H groups in total. The average Bonchev–Trinajstić information content (AvgIpc) is 1.60. The van der Waals surface area contributed by atoms with Crippen LogP contribution in [-0.2, 0) is 117 Å². The van der Waals surface area contributed by atoms with E-state index in [0.29, 0.717) is 0 Å². The Balaban J connectivity index is 0.000000383. The van der Waals surface area contributed by atoms with Crippen molar-refractivity contribution in [3.63, 3.8) is 0 Å². The quantitative estimate of drug-likeness (QED) is 0.00462. The molecule has 1 amide bonds. The number of aromatic nitrogens is 2. The van der Waals surface area contributed by atoms with Crippen molar-refractivity contribution in [1.29, 1.82) is 0 Å². The van der Waals surface area contributed by atoms with E-state index < -0.39 is 275 Å². The SMILES string of the molecule is C.C=C1N=C(N)C=CN1[C@@H]1O[C@](CN=[N+]=[N-])(COC(=O)C(C)C)[C@@H](O)[C@H]1F.C=C1N=C(N)C=CN1[C@@H]1O[C@](CN=[N+]=[N-])(COP(=O)(OCOC(=O)C(C)(C)C)OCOC(=O)C(C)(C)C)[C@@H](O)[C@H]1F.C=C1NC(=O)C=CN1[C@@H]1O[C@](CN=[N+]=[N-])(COP(=O)(OCOC(=O)OC(C)C)OCOC(=O)OC(C)C)[C@@H](O)[C@H]1F.CC(C)C(=O)O[C@H]1[C@@H](F)[C@H](n2ccc(N)nc2=O)O[C@@]1(CO)CN=[N+]=[N-]. The Labute approximate surface area is 768 Å². The first kappa shape index (κ1) is 116. The van der Waals surface area contributed by atoms with Crippen molar-refractivity contribution in [3.8, 4) is 0 Å². The van der Waals surface area contributed by atoms with Crippen molar-refractivity contribution < 1.29 is 165 Å². The zero-order valence-corrected chi connectivity index (χ0v) is 76.6. The average molecular weight is 1970 g/mol. The molecule has 8 rings (SSSR count). The number of anilines is 1. The number of phosphoric acid groups is 2. The van der Waals surface area contributed by atoms with Crippen LogP contribution in [0.1, 0.15) is 111 Å². The summed E-state index contributed by atoms with van der Waals surface area (Å²) in [5.41, 5.74) is 40.9. The van der Waals surface area contributed by atoms with Gasteiger partial charge in [0.05, 0.1) is 80.9 Å². The largest absolute Gasteiger partial charge is 0.510 e. The number of halogens is 4. The fourth-order valence-electron chi connectivity index (χ4n) is 11.5. The van der Waals surface area contributed by atoms with Crippen LogP contribution in [0.4, 0.5) is 33.0 Å². The molecule has 0 radical (unpaired) electrons. The van der Waals surface area contributed by atoms with Gasteiger partial charge in [0.15, 0.2) is 55.7 Å². The van der Waals surface area contributed by atoms with Crippen molar-refractivity contribution >= 4 is 75.2 Å². The van der Waals surface area contributed by atoms with Gasteiger partial charge in [0, 0.05) is 50.5 Å². The summed E-state index contributed by atoms with van der Waals surface area (Å²) in [4.78, 5) is 120. The van der Waals surface area contributed by atoms with E-state index >= 15 is 13.2 Å². The molecule has 0 unspecified atom stereocenters. The molecule has 61 heteroatoms. The Morgan fingerprint density at radius 2 is 0.896 bits per heavy atom. The van der Waals surface area contributed by atoms with Crippen molar-refractivity contribution in [2.75, 3.05) is 85.5 Å². The number of alkyl halides is 4. The molecule has 4 saturated heterocycles. The third kappa shape index (κ3) is 31.9. The molecule has 0 aromatic carbocycles. The number of nitrogens with zero attached hydrogens (tertiary/aromatic N) is 19. The number of aliphatic imine (C=N–C) groups is 2. The number of azide groups is 4. The van der Waals surface area contributed by atoms with Gasteiger partial charge >= 0.3 is 57.5 Å². The van der Waals surface area contributed by atoms with Gasteiger partial charge in [-0.1, -0.05) is 75.3 Å². The van der Waals surface area contributed by atoms with Crippen LogP contribution in [0.25, 0.3) is 41.8 Å². The highest BCUT2D eigenvalue weighted by atomic mass is 31.2. The lowest BCUT2D eigenvalue weighted by atomic mass is 9.96. The van der Waals surface area contributed by atoms with E-state index in [0.717, 1.165) is 26.6 Å². The fraction of sp³-hybridized carbons (Fsp3) is 0.662. The molecule has 0 bridgehead atoms. The molecule has 135 heavy (non-hydrogen) atoms. The lowest BCUT2D eigenvalue weighted by Gasteiger charge is -2.34. The van der Waals surface area contributed by atoms with E-state index in [1.807, 2.05) is 0 Å². The first-order chi connectivity index (χ1) is 62.5. The molecule has 1 aromatic rings. The van der Waals surface area contributed by atoms with E-state index in [4.69, 9.17) is 114 Å². The molecule has 0 saturated carbocycles. The number of aliphatic hydroxyl groups excluding tert-OH is 4. The molecule has 55 nitrogen and oxygen atoms in total. The van der Waals surface area contributed by atoms with Crippen molar-refractivity contribution in [3.05, 3.63) is 139 Å². The highest BCUT2D eigenvalue weighted by Gasteiger charge is 2.63. The minimum atomic E-state index is -4.86. The zero-order chi connectivity index (χ0) is 101. The number of esters is 4. The first-order valence-corrected chi connectivity index (χ1v) is 42.7. The predicted octanol–water partition coefficient (Wildman–Crippen LogP) is 7.59. The number of rotatable bonds is 38. The third-order valence-electron chi connectivity index (χ3n) is 18.6. The van der Waals surface area contributed by atoms with Gasteiger partial charge in [-0.25, -0.2) is 69.2 Å². The lowest BCUT2D eigenvalue weighted by molar-refractivity contribution is -0.170. The van der Waals surface area contributed by atoms with Crippen LogP contribution >= 0.6 is 15.6 Å². The summed E-state index contributed by atoms with van der Waals surface area (Å²) < 4.78 is 180. The molecule has 4 fully saturated rings. The molecule has 7 aliphatic heterocycles. The van der Waals surface area contributed by atoms with Crippen LogP contribution in [0.2, 0.25) is 0 Å². The Hall–Kier alpha value is -11.8. The molecule has 752 valence electrons. The zero-order valence-electron chi connectivity index (χ0n) is 74.8. The Morgan fingerprint density at radius 3 is 1.24 bits per heavy atom. The standard InChI is InChI=1S/C23H36FN6O10P.C21H31FN5O13P.C15H21FN6O4.C14H19FN6O5.CH4/c1-14-28-15(25)8-9-30(14)18-16(24)17(31)23(40-18,10-27-29-26)11-37-41(34,38-12-35-19(32)21(2,3)4)39-13-36-20(33)22(5,6)7;1-12(2)38-19(30)33-10-36-41(32,37-11-34-20(31)39-13(3)4)35-9-21(8-24-26-23)17(29)16(22)18(40-21)27-7-6-15(28)25-14(27)5;1-8(2)14(24)25-7-15(6-19-21-18)12(23)11(16)13(26-15)22-5-4-10(17)20-9(22)3;1-7(2)12(23)25-10-9(15)11(21-4-3-8(16)19-13(21)24)26-14(10,6-22)5-18-20-17;/h8-9,16-18,31H,1,10-13H2,2-7H3,(H2,25,28);6-7,12-13,16-18,29H,5,8-11H2,1-4H3,(H,25,28);4-5,8,11-13,23H,3,6-7H2,1-2H3,(H2,17,20);3-4,7,9-11,22H,5-6H2,1-2H3,(H2,16,19,24);1H4/t16-,17+,18-,23-;16-,17+,18-,21-;11-,12+,13-,15-;9-,10+,11-,14-;/m1111./s1. The third-order valence-corrected chi connectivity index (χ3v) is 21.2. The van der Waals surface area contributed by atoms with Gasteiger partial charge in [-0.3, -0.25) is 37.6 Å². The highest BCUT2D eigenvalue weighted by molar-refractivity contribution is 7.48. The summed E-state index contributed by atoms with van der Waals surface area (Å²) in [7, 11) is -9.63. The number of carbonyl (C=O) groups excluding carboxylic acids is 7. The molecular weight excluding hydrogens is 1860 g/mol. The van der Waals surface area contributed by atoms with Crippen LogP contribution in [0.5, 0.6) is 0 Å². The topological polar surface area (TPSA) is 755 Å². The number of hydrogen-bond donors (Lipinski definition) is 8. The van der Waals surface area contributed by atoms with Gasteiger partial charge in [-0.05, 0) is 110 Å². The minimum absolute atomic E-state index is 0. The summed E-state index contributed by atoms with van der Waals surface area (Å²) >= 11 is 0. The number of nitrogens with two attached hydrogens (primary N) is 3. The van der Waals surface area contributed by atoms with Crippen LogP contribution in [0.3, 0.4) is 0 Å². The van der Waals surface area contributed by atoms with E-state index in [-0.39, 0.29) is 42.4 Å². The van der Waals surface area contributed by atoms with Crippen LogP contribution < -0.4 is 28.2 Å². The number of phosphoric ester groups is 2. The molecule has 0 spiro atoms. The number of nitrogens with one attached hydrogen (secondary N) is 1. The summed E-state index contributed by atoms with van der Waals surface area (Å²) in [5, 5.41) is 57.5. The number of nitrogen functional groups attached to an aromatic ring is 1. The highest BCUT2D eigenvalue weighted by Crippen LogP contribution is 2.54. The van der Waals surface area contributed by atoms with Crippen LogP contribution in [0, 0.1) is 22.7 Å². The van der Waals surface area contributed by atoms with Crippen LogP contribution in [-0.4, -0.2) is 281 Å². The number of hydrogen-bond acceptors (Lipinski definition) is 45. The summed E-state index contributed by atoms with van der Waals surface area (Å²) in [6, 6.07) is 1.26. The van der Waals surface area contributed by atoms with Gasteiger partial charge in [0.25, 0.3) is 5.91 Å². The number of carbonyl (C=O) groups is 7. The number of amidine groups is 2. The lowest BCUT2D eigenvalue weighted by Crippen LogP contribution is -2.50. The van der Waals surface area contributed by atoms with Gasteiger partial charge < -0.3 is 114 Å².